The Morgan fingerprint density at radius 2 is 2.15 bits per heavy atom. The molecule has 3 nitrogen and oxygen atoms in total. The van der Waals surface area contributed by atoms with Crippen molar-refractivity contribution in [2.45, 2.75) is 52.0 Å². The fourth-order valence-corrected chi connectivity index (χ4v) is 2.89. The Labute approximate surface area is 121 Å². The van der Waals surface area contributed by atoms with Gasteiger partial charge in [0.1, 0.15) is 5.75 Å². The molecule has 0 saturated heterocycles. The molecule has 1 fully saturated rings. The molecule has 1 aromatic carbocycles. The van der Waals surface area contributed by atoms with Crippen molar-refractivity contribution in [1.29, 1.82) is 0 Å². The summed E-state index contributed by atoms with van der Waals surface area (Å²) >= 11 is 0. The lowest BCUT2D eigenvalue weighted by Crippen LogP contribution is -2.33. The lowest BCUT2D eigenvalue weighted by atomic mass is 10.1. The van der Waals surface area contributed by atoms with Gasteiger partial charge < -0.3 is 10.1 Å². The smallest absolute Gasteiger partial charge is 0.220 e. The van der Waals surface area contributed by atoms with Gasteiger partial charge in [0.05, 0.1) is 6.61 Å². The third-order valence-electron chi connectivity index (χ3n) is 3.95. The molecular formula is C17H25NO2. The second kappa shape index (κ2) is 7.32. The van der Waals surface area contributed by atoms with Crippen molar-refractivity contribution in [3.63, 3.8) is 0 Å². The summed E-state index contributed by atoms with van der Waals surface area (Å²) in [4.78, 5) is 12.0. The van der Waals surface area contributed by atoms with E-state index in [1.165, 1.54) is 6.42 Å². The van der Waals surface area contributed by atoms with Crippen LogP contribution in [0.2, 0.25) is 0 Å². The molecule has 2 rings (SSSR count). The van der Waals surface area contributed by atoms with Crippen LogP contribution in [0.1, 0.15) is 45.1 Å². The minimum atomic E-state index is 0.162. The molecule has 1 aliphatic carbocycles. The summed E-state index contributed by atoms with van der Waals surface area (Å²) in [5.41, 5.74) is 1.12. The number of amides is 1. The molecule has 20 heavy (non-hydrogen) atoms. The molecule has 1 saturated carbocycles. The second-order valence-electron chi connectivity index (χ2n) is 5.72. The highest BCUT2D eigenvalue weighted by Crippen LogP contribution is 2.25. The molecule has 0 bridgehead atoms. The van der Waals surface area contributed by atoms with Gasteiger partial charge in [-0.3, -0.25) is 4.79 Å². The van der Waals surface area contributed by atoms with Gasteiger partial charge in [-0.2, -0.15) is 0 Å². The number of aryl methyl sites for hydroxylation is 1. The number of para-hydroxylation sites is 1. The van der Waals surface area contributed by atoms with E-state index in [4.69, 9.17) is 4.74 Å². The average molecular weight is 275 g/mol. The van der Waals surface area contributed by atoms with Crippen molar-refractivity contribution in [3.05, 3.63) is 29.8 Å². The predicted octanol–water partition coefficient (Wildman–Crippen LogP) is 3.32. The molecule has 3 heteroatoms. The Hall–Kier alpha value is -1.51. The fourth-order valence-electron chi connectivity index (χ4n) is 2.89. The van der Waals surface area contributed by atoms with E-state index < -0.39 is 0 Å². The van der Waals surface area contributed by atoms with Gasteiger partial charge in [0, 0.05) is 12.5 Å². The van der Waals surface area contributed by atoms with Gasteiger partial charge in [0.15, 0.2) is 0 Å². The van der Waals surface area contributed by atoms with Gasteiger partial charge in [0.2, 0.25) is 5.91 Å². The van der Waals surface area contributed by atoms with Crippen LogP contribution in [0.4, 0.5) is 0 Å². The summed E-state index contributed by atoms with van der Waals surface area (Å²) in [6.07, 6.45) is 4.76. The summed E-state index contributed by atoms with van der Waals surface area (Å²) in [5, 5.41) is 3.15. The van der Waals surface area contributed by atoms with Crippen molar-refractivity contribution in [1.82, 2.24) is 5.32 Å². The Bertz CT molecular complexity index is 444. The number of hydrogen-bond donors (Lipinski definition) is 1. The lowest BCUT2D eigenvalue weighted by Gasteiger charge is -2.13. The van der Waals surface area contributed by atoms with Gasteiger partial charge in [0.25, 0.3) is 0 Å². The van der Waals surface area contributed by atoms with Crippen LogP contribution in [0.25, 0.3) is 0 Å². The van der Waals surface area contributed by atoms with Crippen molar-refractivity contribution in [2.24, 2.45) is 5.92 Å². The molecule has 1 aromatic rings. The molecule has 110 valence electrons. The third kappa shape index (κ3) is 4.26. The number of carbonyl (C=O) groups excluding carboxylic acids is 1. The Kier molecular flexibility index (Phi) is 5.45. The van der Waals surface area contributed by atoms with E-state index in [1.54, 1.807) is 0 Å². The van der Waals surface area contributed by atoms with Crippen LogP contribution >= 0.6 is 0 Å². The normalized spacial score (nSPS) is 21.7. The summed E-state index contributed by atoms with van der Waals surface area (Å²) in [6.45, 7) is 4.89. The number of hydrogen-bond acceptors (Lipinski definition) is 2. The minimum absolute atomic E-state index is 0.162. The zero-order valence-corrected chi connectivity index (χ0v) is 12.5. The molecule has 0 spiro atoms. The molecule has 1 amide bonds. The van der Waals surface area contributed by atoms with E-state index in [1.807, 2.05) is 31.2 Å². The zero-order valence-electron chi connectivity index (χ0n) is 12.5. The van der Waals surface area contributed by atoms with Gasteiger partial charge in [-0.1, -0.05) is 25.1 Å². The van der Waals surface area contributed by atoms with Crippen LogP contribution in [0.5, 0.6) is 5.75 Å². The average Bonchev–Trinajstić information content (AvgIpc) is 2.83. The van der Waals surface area contributed by atoms with Crippen LogP contribution in [0.15, 0.2) is 24.3 Å². The van der Waals surface area contributed by atoms with Crippen molar-refractivity contribution < 1.29 is 9.53 Å². The van der Waals surface area contributed by atoms with E-state index in [-0.39, 0.29) is 5.91 Å². The monoisotopic (exact) mass is 275 g/mol. The number of rotatable bonds is 6. The van der Waals surface area contributed by atoms with E-state index in [9.17, 15) is 4.79 Å². The van der Waals surface area contributed by atoms with Crippen molar-refractivity contribution in [2.75, 3.05) is 6.61 Å². The molecule has 0 radical (unpaired) electrons. The van der Waals surface area contributed by atoms with Gasteiger partial charge in [-0.25, -0.2) is 0 Å². The van der Waals surface area contributed by atoms with Gasteiger partial charge in [-0.05, 0) is 50.2 Å². The highest BCUT2D eigenvalue weighted by molar-refractivity contribution is 5.76. The molecule has 1 N–H and O–H groups in total. The zero-order chi connectivity index (χ0) is 14.4. The first-order valence-corrected chi connectivity index (χ1v) is 7.69. The number of nitrogens with one attached hydrogen (secondary N) is 1. The first kappa shape index (κ1) is 14.9. The Morgan fingerprint density at radius 3 is 2.85 bits per heavy atom. The Morgan fingerprint density at radius 1 is 1.35 bits per heavy atom. The maximum Gasteiger partial charge on any atom is 0.220 e. The van der Waals surface area contributed by atoms with E-state index in [0.29, 0.717) is 19.1 Å². The van der Waals surface area contributed by atoms with Crippen LogP contribution in [0.3, 0.4) is 0 Å². The molecule has 1 aliphatic rings. The van der Waals surface area contributed by atoms with E-state index in [0.717, 1.165) is 36.5 Å². The molecule has 0 heterocycles. The molecule has 2 unspecified atom stereocenters. The third-order valence-corrected chi connectivity index (χ3v) is 3.95. The van der Waals surface area contributed by atoms with Gasteiger partial charge >= 0.3 is 0 Å². The van der Waals surface area contributed by atoms with E-state index in [2.05, 4.69) is 12.2 Å². The van der Waals surface area contributed by atoms with Crippen LogP contribution < -0.4 is 10.1 Å². The second-order valence-corrected chi connectivity index (χ2v) is 5.72. The summed E-state index contributed by atoms with van der Waals surface area (Å²) in [5.74, 6) is 1.81. The lowest BCUT2D eigenvalue weighted by molar-refractivity contribution is -0.121. The summed E-state index contributed by atoms with van der Waals surface area (Å²) < 4.78 is 5.59. The number of benzene rings is 1. The quantitative estimate of drug-likeness (QED) is 0.865. The number of ether oxygens (including phenoxy) is 1. The molecule has 0 aliphatic heterocycles. The van der Waals surface area contributed by atoms with Crippen LogP contribution in [-0.2, 0) is 11.2 Å². The standard InChI is InChI=1S/C17H25NO2/c1-3-20-16-7-5-4-6-14(16)9-11-17(19)18-15-10-8-13(2)12-15/h4-7,13,15H,3,8-12H2,1-2H3,(H,18,19). The molecular weight excluding hydrogens is 250 g/mol. The largest absolute Gasteiger partial charge is 0.494 e. The van der Waals surface area contributed by atoms with Crippen molar-refractivity contribution in [3.8, 4) is 5.75 Å². The first-order valence-electron chi connectivity index (χ1n) is 7.69. The maximum absolute atomic E-state index is 12.0. The van der Waals surface area contributed by atoms with E-state index >= 15 is 0 Å². The molecule has 2 atom stereocenters. The summed E-state index contributed by atoms with van der Waals surface area (Å²) in [7, 11) is 0. The molecule has 0 aromatic heterocycles. The first-order chi connectivity index (χ1) is 9.69. The highest BCUT2D eigenvalue weighted by Gasteiger charge is 2.22. The number of carbonyl (C=O) groups is 1. The SMILES string of the molecule is CCOc1ccccc1CCC(=O)NC1CCC(C)C1. The topological polar surface area (TPSA) is 38.3 Å². The fraction of sp³-hybridized carbons (Fsp3) is 0.588. The highest BCUT2D eigenvalue weighted by atomic mass is 16.5. The van der Waals surface area contributed by atoms with Gasteiger partial charge in [-0.15, -0.1) is 0 Å². The maximum atomic E-state index is 12.0. The summed E-state index contributed by atoms with van der Waals surface area (Å²) in [6, 6.07) is 8.36. The van der Waals surface area contributed by atoms with Crippen molar-refractivity contribution >= 4 is 5.91 Å². The van der Waals surface area contributed by atoms with Crippen LogP contribution in [-0.4, -0.2) is 18.6 Å². The van der Waals surface area contributed by atoms with Crippen LogP contribution in [0, 0.1) is 5.92 Å². The predicted molar refractivity (Wildman–Crippen MR) is 80.9 cm³/mol. The Balaban J connectivity index is 1.81. The minimum Gasteiger partial charge on any atom is -0.494 e.